The van der Waals surface area contributed by atoms with Crippen molar-refractivity contribution in [3.63, 3.8) is 0 Å². The van der Waals surface area contributed by atoms with Crippen molar-refractivity contribution in [1.29, 1.82) is 0 Å². The van der Waals surface area contributed by atoms with Gasteiger partial charge in [0.1, 0.15) is 11.6 Å². The Morgan fingerprint density at radius 3 is 2.28 bits per heavy atom. The number of aryl methyl sites for hydroxylation is 2. The van der Waals surface area contributed by atoms with Gasteiger partial charge in [0.15, 0.2) is 0 Å². The van der Waals surface area contributed by atoms with Crippen LogP contribution in [0.2, 0.25) is 10.0 Å². The Labute approximate surface area is 235 Å². The number of aromatic nitrogens is 3. The average molecular weight is 578 g/mol. The molecule has 0 aliphatic rings. The highest BCUT2D eigenvalue weighted by Crippen LogP contribution is 2.30. The van der Waals surface area contributed by atoms with E-state index in [0.717, 1.165) is 0 Å². The molecule has 0 aliphatic heterocycles. The fourth-order valence-corrected chi connectivity index (χ4v) is 5.34. The molecule has 0 saturated heterocycles. The molecule has 5 aromatic rings. The number of pyridine rings is 1. The maximum absolute atomic E-state index is 13.4. The molecule has 3 aromatic carbocycles. The van der Waals surface area contributed by atoms with Crippen molar-refractivity contribution in [2.75, 3.05) is 10.0 Å². The topological polar surface area (TPSA) is 114 Å². The van der Waals surface area contributed by atoms with Gasteiger partial charge in [-0.3, -0.25) is 9.52 Å². The molecular formula is C28H21Cl2N5O3S. The molecular weight excluding hydrogens is 557 g/mol. The number of para-hydroxylation sites is 1. The molecule has 1 amide bonds. The van der Waals surface area contributed by atoms with E-state index in [1.165, 1.54) is 24.3 Å². The molecule has 0 radical (unpaired) electrons. The van der Waals surface area contributed by atoms with Gasteiger partial charge in [-0.05, 0) is 62.4 Å². The van der Waals surface area contributed by atoms with Crippen LogP contribution >= 0.6 is 23.2 Å². The Morgan fingerprint density at radius 2 is 1.56 bits per heavy atom. The summed E-state index contributed by atoms with van der Waals surface area (Å²) < 4.78 is 28.2. The summed E-state index contributed by atoms with van der Waals surface area (Å²) in [5, 5.41) is 4.31. The number of amides is 1. The van der Waals surface area contributed by atoms with Crippen molar-refractivity contribution >= 4 is 61.5 Å². The average Bonchev–Trinajstić information content (AvgIpc) is 2.89. The van der Waals surface area contributed by atoms with Crippen molar-refractivity contribution in [2.45, 2.75) is 18.7 Å². The molecule has 0 atom stereocenters. The predicted molar refractivity (Wildman–Crippen MR) is 154 cm³/mol. The molecule has 2 heterocycles. The highest BCUT2D eigenvalue weighted by atomic mass is 35.5. The number of nitrogens with zero attached hydrogens (tertiary/aromatic N) is 3. The standard InChI is InChI=1S/C28H21Cl2N5O3S/c1-16-13-27(32-17(2)31-16)35-39(37,38)20-10-8-19(9-11-20)33-28(36)22-15-26(18-7-12-23(29)24(30)14-18)34-25-6-4-3-5-21(22)25/h3-15H,1-2H3,(H,33,36)(H,31,32,35). The molecule has 39 heavy (non-hydrogen) atoms. The zero-order valence-corrected chi connectivity index (χ0v) is 23.1. The first kappa shape index (κ1) is 26.6. The Kier molecular flexibility index (Phi) is 7.22. The monoisotopic (exact) mass is 577 g/mol. The van der Waals surface area contributed by atoms with Crippen LogP contribution in [0.5, 0.6) is 0 Å². The van der Waals surface area contributed by atoms with E-state index in [-0.39, 0.29) is 16.6 Å². The minimum atomic E-state index is -3.90. The van der Waals surface area contributed by atoms with Crippen LogP contribution in [0.4, 0.5) is 11.5 Å². The van der Waals surface area contributed by atoms with Gasteiger partial charge < -0.3 is 5.32 Å². The van der Waals surface area contributed by atoms with Crippen molar-refractivity contribution in [3.8, 4) is 11.3 Å². The molecule has 11 heteroatoms. The molecule has 0 saturated carbocycles. The lowest BCUT2D eigenvalue weighted by atomic mass is 10.0. The normalized spacial score (nSPS) is 11.4. The number of hydrogen-bond acceptors (Lipinski definition) is 6. The summed E-state index contributed by atoms with van der Waals surface area (Å²) in [6, 6.07) is 21.5. The number of anilines is 2. The summed E-state index contributed by atoms with van der Waals surface area (Å²) in [6.07, 6.45) is 0. The highest BCUT2D eigenvalue weighted by Gasteiger charge is 2.18. The van der Waals surface area contributed by atoms with Gasteiger partial charge in [-0.25, -0.2) is 23.4 Å². The van der Waals surface area contributed by atoms with Crippen LogP contribution < -0.4 is 10.0 Å². The van der Waals surface area contributed by atoms with Gasteiger partial charge in [-0.15, -0.1) is 0 Å². The Morgan fingerprint density at radius 1 is 0.821 bits per heavy atom. The maximum atomic E-state index is 13.4. The van der Waals surface area contributed by atoms with E-state index >= 15 is 0 Å². The number of fused-ring (bicyclic) bond motifs is 1. The predicted octanol–water partition coefficient (Wildman–Crippen LogP) is 6.67. The molecule has 5 rings (SSSR count). The summed E-state index contributed by atoms with van der Waals surface area (Å²) in [7, 11) is -3.90. The zero-order chi connectivity index (χ0) is 27.7. The van der Waals surface area contributed by atoms with Crippen LogP contribution in [0, 0.1) is 13.8 Å². The fourth-order valence-electron chi connectivity index (χ4n) is 4.05. The number of hydrogen-bond donors (Lipinski definition) is 2. The Hall–Kier alpha value is -4.05. The first-order valence-corrected chi connectivity index (χ1v) is 13.9. The SMILES string of the molecule is Cc1cc(NS(=O)(=O)c2ccc(NC(=O)c3cc(-c4ccc(Cl)c(Cl)c4)nc4ccccc34)cc2)nc(C)n1. The second-order valence-electron chi connectivity index (χ2n) is 8.73. The first-order valence-electron chi connectivity index (χ1n) is 11.7. The third-order valence-corrected chi connectivity index (χ3v) is 7.91. The third kappa shape index (κ3) is 5.85. The summed E-state index contributed by atoms with van der Waals surface area (Å²) >= 11 is 12.3. The fraction of sp³-hybridized carbons (Fsp3) is 0.0714. The second kappa shape index (κ2) is 10.6. The minimum Gasteiger partial charge on any atom is -0.322 e. The van der Waals surface area contributed by atoms with E-state index in [4.69, 9.17) is 23.2 Å². The third-order valence-electron chi connectivity index (χ3n) is 5.80. The van der Waals surface area contributed by atoms with Crippen LogP contribution in [0.25, 0.3) is 22.2 Å². The molecule has 0 unspecified atom stereocenters. The van der Waals surface area contributed by atoms with Gasteiger partial charge in [-0.1, -0.05) is 47.5 Å². The van der Waals surface area contributed by atoms with E-state index in [2.05, 4.69) is 25.0 Å². The summed E-state index contributed by atoms with van der Waals surface area (Å²) in [6.45, 7) is 3.44. The lowest BCUT2D eigenvalue weighted by Gasteiger charge is -2.12. The number of nitrogens with one attached hydrogen (secondary N) is 2. The Balaban J connectivity index is 1.42. The van der Waals surface area contributed by atoms with Crippen molar-refractivity contribution < 1.29 is 13.2 Å². The summed E-state index contributed by atoms with van der Waals surface area (Å²) in [5.74, 6) is 0.256. The quantitative estimate of drug-likeness (QED) is 0.233. The number of benzene rings is 3. The van der Waals surface area contributed by atoms with Crippen molar-refractivity contribution in [1.82, 2.24) is 15.0 Å². The highest BCUT2D eigenvalue weighted by molar-refractivity contribution is 7.92. The van der Waals surface area contributed by atoms with Gasteiger partial charge in [0, 0.05) is 28.4 Å². The van der Waals surface area contributed by atoms with Crippen LogP contribution in [-0.2, 0) is 10.0 Å². The molecule has 2 N–H and O–H groups in total. The Bertz CT molecular complexity index is 1820. The van der Waals surface area contributed by atoms with E-state index in [9.17, 15) is 13.2 Å². The zero-order valence-electron chi connectivity index (χ0n) is 20.7. The van der Waals surface area contributed by atoms with Gasteiger partial charge in [0.05, 0.1) is 31.7 Å². The molecule has 0 fully saturated rings. The molecule has 2 aromatic heterocycles. The molecule has 0 aliphatic carbocycles. The van der Waals surface area contributed by atoms with E-state index < -0.39 is 10.0 Å². The van der Waals surface area contributed by atoms with E-state index in [1.54, 1.807) is 44.2 Å². The van der Waals surface area contributed by atoms with Gasteiger partial charge >= 0.3 is 0 Å². The summed E-state index contributed by atoms with van der Waals surface area (Å²) in [5.41, 5.74) is 3.36. The number of halogens is 2. The van der Waals surface area contributed by atoms with Gasteiger partial charge in [0.25, 0.3) is 15.9 Å². The number of rotatable bonds is 6. The molecule has 8 nitrogen and oxygen atoms in total. The van der Waals surface area contributed by atoms with Crippen LogP contribution in [0.3, 0.4) is 0 Å². The molecule has 196 valence electrons. The smallest absolute Gasteiger partial charge is 0.263 e. The van der Waals surface area contributed by atoms with Crippen molar-refractivity contribution in [3.05, 3.63) is 106 Å². The second-order valence-corrected chi connectivity index (χ2v) is 11.2. The lowest BCUT2D eigenvalue weighted by molar-refractivity contribution is 0.102. The minimum absolute atomic E-state index is 0.0191. The summed E-state index contributed by atoms with van der Waals surface area (Å²) in [4.78, 5) is 26.4. The number of carbonyl (C=O) groups excluding carboxylic acids is 1. The largest absolute Gasteiger partial charge is 0.322 e. The molecule has 0 spiro atoms. The number of carbonyl (C=O) groups is 1. The first-order chi connectivity index (χ1) is 18.6. The number of sulfonamides is 1. The van der Waals surface area contributed by atoms with Crippen molar-refractivity contribution in [2.24, 2.45) is 0 Å². The lowest BCUT2D eigenvalue weighted by Crippen LogP contribution is -2.15. The van der Waals surface area contributed by atoms with Crippen LogP contribution in [0.1, 0.15) is 21.9 Å². The van der Waals surface area contributed by atoms with Crippen LogP contribution in [-0.4, -0.2) is 29.3 Å². The maximum Gasteiger partial charge on any atom is 0.263 e. The molecule has 0 bridgehead atoms. The van der Waals surface area contributed by atoms with E-state index in [0.29, 0.717) is 55.0 Å². The van der Waals surface area contributed by atoms with E-state index in [1.807, 2.05) is 24.3 Å². The van der Waals surface area contributed by atoms with Crippen LogP contribution in [0.15, 0.2) is 83.8 Å². The van der Waals surface area contributed by atoms with Gasteiger partial charge in [-0.2, -0.15) is 0 Å². The van der Waals surface area contributed by atoms with Gasteiger partial charge in [0.2, 0.25) is 0 Å².